The summed E-state index contributed by atoms with van der Waals surface area (Å²) in [6, 6.07) is 3.89. The van der Waals surface area contributed by atoms with Crippen molar-refractivity contribution < 1.29 is 23.9 Å². The summed E-state index contributed by atoms with van der Waals surface area (Å²) >= 11 is 0. The zero-order chi connectivity index (χ0) is 21.9. The molecule has 2 aliphatic rings. The third-order valence-electron chi connectivity index (χ3n) is 6.24. The van der Waals surface area contributed by atoms with E-state index in [1.807, 2.05) is 20.8 Å². The summed E-state index contributed by atoms with van der Waals surface area (Å²) in [6.45, 7) is 5.69. The summed E-state index contributed by atoms with van der Waals surface area (Å²) in [7, 11) is 0. The summed E-state index contributed by atoms with van der Waals surface area (Å²) in [5.74, 6) is -0.872. The minimum absolute atomic E-state index is 0.116. The molecule has 164 valence electrons. The van der Waals surface area contributed by atoms with Gasteiger partial charge in [-0.2, -0.15) is 0 Å². The van der Waals surface area contributed by atoms with Crippen LogP contribution in [-0.2, 0) is 9.59 Å². The van der Waals surface area contributed by atoms with Crippen molar-refractivity contribution >= 4 is 17.7 Å². The van der Waals surface area contributed by atoms with Crippen molar-refractivity contribution in [3.63, 3.8) is 0 Å². The highest BCUT2D eigenvalue weighted by Gasteiger charge is 2.31. The van der Waals surface area contributed by atoms with Crippen molar-refractivity contribution in [3.8, 4) is 11.5 Å². The van der Waals surface area contributed by atoms with Crippen molar-refractivity contribution in [2.24, 2.45) is 23.0 Å². The standard InChI is InChI=1S/C24H33NO5/c1-24(2,3)21(25)20(26)17-12-13-18(29-22(27)15-8-4-5-9-15)19(14-17)30-23(28)16-10-6-7-11-16/h12-16,21H,4-11,25H2,1-3H3. The summed E-state index contributed by atoms with van der Waals surface area (Å²) in [4.78, 5) is 38.0. The van der Waals surface area contributed by atoms with Gasteiger partial charge in [-0.1, -0.05) is 46.5 Å². The van der Waals surface area contributed by atoms with Gasteiger partial charge in [0.05, 0.1) is 17.9 Å². The molecule has 0 saturated heterocycles. The first-order valence-corrected chi connectivity index (χ1v) is 11.0. The number of rotatable bonds is 6. The Balaban J connectivity index is 1.85. The maximum Gasteiger partial charge on any atom is 0.314 e. The van der Waals surface area contributed by atoms with Crippen LogP contribution >= 0.6 is 0 Å². The quantitative estimate of drug-likeness (QED) is 0.419. The van der Waals surface area contributed by atoms with E-state index in [9.17, 15) is 14.4 Å². The molecule has 6 nitrogen and oxygen atoms in total. The van der Waals surface area contributed by atoms with Gasteiger partial charge in [-0.15, -0.1) is 0 Å². The van der Waals surface area contributed by atoms with Gasteiger partial charge < -0.3 is 15.2 Å². The van der Waals surface area contributed by atoms with Crippen LogP contribution < -0.4 is 15.2 Å². The summed E-state index contributed by atoms with van der Waals surface area (Å²) in [5.41, 5.74) is 6.06. The van der Waals surface area contributed by atoms with E-state index in [1.165, 1.54) is 12.1 Å². The lowest BCUT2D eigenvalue weighted by atomic mass is 9.83. The average Bonchev–Trinajstić information content (AvgIpc) is 3.41. The number of carbonyl (C=O) groups is 3. The minimum Gasteiger partial charge on any atom is -0.422 e. The van der Waals surface area contributed by atoms with E-state index in [2.05, 4.69) is 0 Å². The Hall–Kier alpha value is -2.21. The maximum absolute atomic E-state index is 12.9. The molecular formula is C24H33NO5. The van der Waals surface area contributed by atoms with Gasteiger partial charge in [-0.3, -0.25) is 14.4 Å². The number of Topliss-reactive ketones (excluding diaryl/α,β-unsaturated/α-hetero) is 1. The van der Waals surface area contributed by atoms with Crippen molar-refractivity contribution in [3.05, 3.63) is 23.8 Å². The van der Waals surface area contributed by atoms with Crippen LogP contribution in [0.25, 0.3) is 0 Å². The SMILES string of the molecule is CC(C)(C)C(N)C(=O)c1ccc(OC(=O)C2CCCC2)c(OC(=O)C2CCCC2)c1. The third-order valence-corrected chi connectivity index (χ3v) is 6.24. The number of benzene rings is 1. The number of ketones is 1. The Morgan fingerprint density at radius 2 is 1.33 bits per heavy atom. The van der Waals surface area contributed by atoms with Gasteiger partial charge in [0.25, 0.3) is 0 Å². The Bertz CT molecular complexity index is 798. The molecule has 3 rings (SSSR count). The maximum atomic E-state index is 12.9. The van der Waals surface area contributed by atoms with E-state index >= 15 is 0 Å². The van der Waals surface area contributed by atoms with Crippen LogP contribution in [0.5, 0.6) is 11.5 Å². The normalized spacial score (nSPS) is 18.9. The van der Waals surface area contributed by atoms with Gasteiger partial charge in [0, 0.05) is 5.56 Å². The largest absolute Gasteiger partial charge is 0.422 e. The molecule has 6 heteroatoms. The highest BCUT2D eigenvalue weighted by atomic mass is 16.6. The summed E-state index contributed by atoms with van der Waals surface area (Å²) < 4.78 is 11.2. The molecule has 2 aliphatic carbocycles. The highest BCUT2D eigenvalue weighted by molar-refractivity contribution is 6.01. The number of carbonyl (C=O) groups excluding carboxylic acids is 3. The monoisotopic (exact) mass is 415 g/mol. The van der Waals surface area contributed by atoms with Gasteiger partial charge >= 0.3 is 11.9 Å². The lowest BCUT2D eigenvalue weighted by molar-refractivity contribution is -0.141. The predicted octanol–water partition coefficient (Wildman–Crippen LogP) is 4.43. The van der Waals surface area contributed by atoms with Crippen LogP contribution in [0.15, 0.2) is 18.2 Å². The smallest absolute Gasteiger partial charge is 0.314 e. The van der Waals surface area contributed by atoms with Gasteiger partial charge in [-0.05, 0) is 49.3 Å². The molecular weight excluding hydrogens is 382 g/mol. The van der Waals surface area contributed by atoms with E-state index in [0.29, 0.717) is 5.56 Å². The van der Waals surface area contributed by atoms with Crippen molar-refractivity contribution in [1.82, 2.24) is 0 Å². The predicted molar refractivity (Wildman–Crippen MR) is 113 cm³/mol. The number of nitrogens with two attached hydrogens (primary N) is 1. The molecule has 1 aromatic carbocycles. The van der Waals surface area contributed by atoms with Gasteiger partial charge in [-0.25, -0.2) is 0 Å². The van der Waals surface area contributed by atoms with Crippen molar-refractivity contribution in [2.75, 3.05) is 0 Å². The van der Waals surface area contributed by atoms with Crippen LogP contribution in [0.2, 0.25) is 0 Å². The summed E-state index contributed by atoms with van der Waals surface area (Å²) in [5, 5.41) is 0. The first kappa shape index (κ1) is 22.5. The fourth-order valence-corrected chi connectivity index (χ4v) is 4.10. The van der Waals surface area contributed by atoms with Gasteiger partial charge in [0.2, 0.25) is 0 Å². The van der Waals surface area contributed by atoms with E-state index in [4.69, 9.17) is 15.2 Å². The van der Waals surface area contributed by atoms with Gasteiger partial charge in [0.1, 0.15) is 0 Å². The molecule has 2 saturated carbocycles. The molecule has 1 aromatic rings. The molecule has 1 atom stereocenters. The highest BCUT2D eigenvalue weighted by Crippen LogP contribution is 2.35. The fourth-order valence-electron chi connectivity index (χ4n) is 4.10. The molecule has 2 fully saturated rings. The Morgan fingerprint density at radius 1 is 0.867 bits per heavy atom. The van der Waals surface area contributed by atoms with Crippen molar-refractivity contribution in [1.29, 1.82) is 0 Å². The molecule has 0 spiro atoms. The second-order valence-corrected chi connectivity index (χ2v) is 9.67. The molecule has 0 amide bonds. The topological polar surface area (TPSA) is 95.7 Å². The Kier molecular flexibility index (Phi) is 6.96. The number of hydrogen-bond donors (Lipinski definition) is 1. The van der Waals surface area contributed by atoms with Crippen LogP contribution in [-0.4, -0.2) is 23.8 Å². The molecule has 0 aliphatic heterocycles. The van der Waals surface area contributed by atoms with E-state index in [-0.39, 0.29) is 41.1 Å². The molecule has 0 radical (unpaired) electrons. The van der Waals surface area contributed by atoms with Crippen LogP contribution in [0, 0.1) is 17.3 Å². The number of hydrogen-bond acceptors (Lipinski definition) is 6. The second kappa shape index (κ2) is 9.29. The van der Waals surface area contributed by atoms with Gasteiger partial charge in [0.15, 0.2) is 17.3 Å². The molecule has 2 N–H and O–H groups in total. The number of ether oxygens (including phenoxy) is 2. The van der Waals surface area contributed by atoms with E-state index in [1.54, 1.807) is 6.07 Å². The molecule has 30 heavy (non-hydrogen) atoms. The fraction of sp³-hybridized carbons (Fsp3) is 0.625. The lowest BCUT2D eigenvalue weighted by Gasteiger charge is -2.26. The third kappa shape index (κ3) is 5.28. The zero-order valence-corrected chi connectivity index (χ0v) is 18.2. The summed E-state index contributed by atoms with van der Waals surface area (Å²) in [6.07, 6.45) is 7.25. The first-order chi connectivity index (χ1) is 14.2. The van der Waals surface area contributed by atoms with Crippen LogP contribution in [0.1, 0.15) is 82.5 Å². The van der Waals surface area contributed by atoms with E-state index in [0.717, 1.165) is 51.4 Å². The molecule has 0 heterocycles. The van der Waals surface area contributed by atoms with E-state index < -0.39 is 11.5 Å². The van der Waals surface area contributed by atoms with Crippen molar-refractivity contribution in [2.45, 2.75) is 78.2 Å². The lowest BCUT2D eigenvalue weighted by Crippen LogP contribution is -2.42. The minimum atomic E-state index is -0.706. The van der Waals surface area contributed by atoms with Crippen LogP contribution in [0.3, 0.4) is 0 Å². The second-order valence-electron chi connectivity index (χ2n) is 9.67. The molecule has 1 unspecified atom stereocenters. The number of esters is 2. The van der Waals surface area contributed by atoms with Crippen LogP contribution in [0.4, 0.5) is 0 Å². The molecule has 0 bridgehead atoms. The zero-order valence-electron chi connectivity index (χ0n) is 18.2. The Labute approximate surface area is 178 Å². The first-order valence-electron chi connectivity index (χ1n) is 11.0. The Morgan fingerprint density at radius 3 is 1.80 bits per heavy atom. The average molecular weight is 416 g/mol. The molecule has 0 aromatic heterocycles.